The van der Waals surface area contributed by atoms with Gasteiger partial charge in [0, 0.05) is 29.1 Å². The second kappa shape index (κ2) is 9.24. The van der Waals surface area contributed by atoms with Crippen molar-refractivity contribution in [3.63, 3.8) is 0 Å². The SMILES string of the molecule is CCc1ccccc1-c1ccc2c(c1)C1(CCCC1)CN2C(=O)NCc1ccc(SN)cc1. The number of hydrogen-bond acceptors (Lipinski definition) is 3. The minimum atomic E-state index is -0.0148. The minimum absolute atomic E-state index is 0.0148. The molecule has 1 spiro atoms. The van der Waals surface area contributed by atoms with Crippen molar-refractivity contribution >= 4 is 23.7 Å². The van der Waals surface area contributed by atoms with Gasteiger partial charge in [0.2, 0.25) is 0 Å². The number of fused-ring (bicyclic) bond motifs is 2. The summed E-state index contributed by atoms with van der Waals surface area (Å²) >= 11 is 1.23. The Kier molecular flexibility index (Phi) is 6.17. The van der Waals surface area contributed by atoms with Crippen LogP contribution in [0, 0.1) is 0 Å². The number of nitrogens with one attached hydrogen (secondary N) is 1. The number of carbonyl (C=O) groups excluding carboxylic acids is 1. The zero-order valence-electron chi connectivity index (χ0n) is 19.1. The molecule has 0 saturated heterocycles. The Balaban J connectivity index is 1.42. The predicted octanol–water partition coefficient (Wildman–Crippen LogP) is 6.42. The van der Waals surface area contributed by atoms with Crippen LogP contribution in [-0.2, 0) is 18.4 Å². The third-order valence-electron chi connectivity index (χ3n) is 7.34. The van der Waals surface area contributed by atoms with E-state index in [-0.39, 0.29) is 11.4 Å². The molecule has 2 aliphatic rings. The molecule has 1 aliphatic carbocycles. The Morgan fingerprint density at radius 1 is 1.06 bits per heavy atom. The molecule has 0 aromatic heterocycles. The molecule has 3 N–H and O–H groups in total. The predicted molar refractivity (Wildman–Crippen MR) is 137 cm³/mol. The van der Waals surface area contributed by atoms with Crippen LogP contribution in [-0.4, -0.2) is 12.6 Å². The lowest BCUT2D eigenvalue weighted by molar-refractivity contribution is 0.245. The van der Waals surface area contributed by atoms with E-state index in [4.69, 9.17) is 5.14 Å². The number of amides is 2. The third-order valence-corrected chi connectivity index (χ3v) is 7.88. The van der Waals surface area contributed by atoms with E-state index in [1.165, 1.54) is 47.0 Å². The molecule has 0 bridgehead atoms. The van der Waals surface area contributed by atoms with Crippen LogP contribution < -0.4 is 15.4 Å². The molecule has 2 amide bonds. The molecule has 0 unspecified atom stereocenters. The highest BCUT2D eigenvalue weighted by atomic mass is 32.2. The quantitative estimate of drug-likeness (QED) is 0.435. The summed E-state index contributed by atoms with van der Waals surface area (Å²) in [5, 5.41) is 8.75. The van der Waals surface area contributed by atoms with E-state index in [0.717, 1.165) is 42.0 Å². The van der Waals surface area contributed by atoms with Crippen LogP contribution in [0.25, 0.3) is 11.1 Å². The Bertz CT molecular complexity index is 1150. The lowest BCUT2D eigenvalue weighted by Crippen LogP contribution is -2.41. The first kappa shape index (κ1) is 22.1. The zero-order chi connectivity index (χ0) is 22.8. The summed E-state index contributed by atoms with van der Waals surface area (Å²) in [7, 11) is 0. The van der Waals surface area contributed by atoms with E-state index >= 15 is 0 Å². The summed E-state index contributed by atoms with van der Waals surface area (Å²) in [4.78, 5) is 16.3. The van der Waals surface area contributed by atoms with Crippen molar-refractivity contribution in [3.05, 3.63) is 83.4 Å². The van der Waals surface area contributed by atoms with Crippen LogP contribution >= 0.6 is 11.9 Å². The van der Waals surface area contributed by atoms with Crippen LogP contribution in [0.4, 0.5) is 10.5 Å². The van der Waals surface area contributed by atoms with Crippen LogP contribution in [0.1, 0.15) is 49.3 Å². The molecule has 33 heavy (non-hydrogen) atoms. The maximum absolute atomic E-state index is 13.3. The molecule has 1 saturated carbocycles. The van der Waals surface area contributed by atoms with Crippen LogP contribution in [0.5, 0.6) is 0 Å². The van der Waals surface area contributed by atoms with Crippen molar-refractivity contribution < 1.29 is 4.79 Å². The van der Waals surface area contributed by atoms with E-state index < -0.39 is 0 Å². The van der Waals surface area contributed by atoms with Gasteiger partial charge in [-0.3, -0.25) is 10.0 Å². The van der Waals surface area contributed by atoms with Gasteiger partial charge in [-0.2, -0.15) is 0 Å². The normalized spacial score (nSPS) is 16.2. The summed E-state index contributed by atoms with van der Waals surface area (Å²) in [6.07, 6.45) is 5.78. The fraction of sp³-hybridized carbons (Fsp3) is 0.321. The fourth-order valence-corrected chi connectivity index (χ4v) is 5.86. The number of anilines is 1. The van der Waals surface area contributed by atoms with Gasteiger partial charge in [0.25, 0.3) is 0 Å². The number of benzene rings is 3. The number of carbonyl (C=O) groups is 1. The largest absolute Gasteiger partial charge is 0.334 e. The third kappa shape index (κ3) is 4.16. The molecular weight excluding hydrogens is 426 g/mol. The van der Waals surface area contributed by atoms with Gasteiger partial charge in [-0.05, 0) is 83.3 Å². The van der Waals surface area contributed by atoms with Gasteiger partial charge in [-0.25, -0.2) is 4.79 Å². The van der Waals surface area contributed by atoms with Crippen molar-refractivity contribution in [1.82, 2.24) is 5.32 Å². The van der Waals surface area contributed by atoms with Crippen molar-refractivity contribution in [3.8, 4) is 11.1 Å². The molecule has 0 radical (unpaired) electrons. The summed E-state index contributed by atoms with van der Waals surface area (Å²) in [5.74, 6) is 0. The van der Waals surface area contributed by atoms with E-state index in [1.54, 1.807) is 0 Å². The smallest absolute Gasteiger partial charge is 0.322 e. The van der Waals surface area contributed by atoms with Crippen LogP contribution in [0.15, 0.2) is 71.6 Å². The molecular formula is C28H31N3OS. The average molecular weight is 458 g/mol. The molecule has 1 aliphatic heterocycles. The van der Waals surface area contributed by atoms with Crippen molar-refractivity contribution in [2.24, 2.45) is 5.14 Å². The molecule has 5 rings (SSSR count). The van der Waals surface area contributed by atoms with E-state index in [1.807, 2.05) is 29.2 Å². The number of hydrogen-bond donors (Lipinski definition) is 2. The van der Waals surface area contributed by atoms with Gasteiger partial charge >= 0.3 is 6.03 Å². The number of nitrogens with two attached hydrogens (primary N) is 1. The van der Waals surface area contributed by atoms with Gasteiger partial charge in [0.05, 0.1) is 0 Å². The maximum Gasteiger partial charge on any atom is 0.322 e. The summed E-state index contributed by atoms with van der Waals surface area (Å²) < 4.78 is 0. The zero-order valence-corrected chi connectivity index (χ0v) is 20.0. The van der Waals surface area contributed by atoms with Crippen molar-refractivity contribution in [1.29, 1.82) is 0 Å². The second-order valence-electron chi connectivity index (χ2n) is 9.24. The molecule has 1 fully saturated rings. The topological polar surface area (TPSA) is 58.4 Å². The van der Waals surface area contributed by atoms with Gasteiger partial charge in [-0.1, -0.05) is 62.2 Å². The van der Waals surface area contributed by atoms with Crippen LogP contribution in [0.3, 0.4) is 0 Å². The summed E-state index contributed by atoms with van der Waals surface area (Å²) in [6, 6.07) is 23.4. The number of urea groups is 1. The van der Waals surface area contributed by atoms with E-state index in [9.17, 15) is 4.79 Å². The number of rotatable bonds is 5. The Labute approximate surface area is 200 Å². The Morgan fingerprint density at radius 2 is 1.82 bits per heavy atom. The van der Waals surface area contributed by atoms with Crippen molar-refractivity contribution in [2.75, 3.05) is 11.4 Å². The highest BCUT2D eigenvalue weighted by Gasteiger charge is 2.46. The van der Waals surface area contributed by atoms with Crippen molar-refractivity contribution in [2.45, 2.75) is 55.9 Å². The Hall–Kier alpha value is -2.76. The van der Waals surface area contributed by atoms with Gasteiger partial charge < -0.3 is 5.32 Å². The number of aryl methyl sites for hydroxylation is 1. The summed E-state index contributed by atoms with van der Waals surface area (Å²) in [6.45, 7) is 3.49. The van der Waals surface area contributed by atoms with Gasteiger partial charge in [0.1, 0.15) is 0 Å². The highest BCUT2D eigenvalue weighted by Crippen LogP contribution is 2.51. The maximum atomic E-state index is 13.3. The lowest BCUT2D eigenvalue weighted by Gasteiger charge is -2.25. The molecule has 1 heterocycles. The van der Waals surface area contributed by atoms with Gasteiger partial charge in [0.15, 0.2) is 0 Å². The summed E-state index contributed by atoms with van der Waals surface area (Å²) in [5.41, 5.74) is 7.51. The molecule has 3 aromatic rings. The highest BCUT2D eigenvalue weighted by molar-refractivity contribution is 7.97. The minimum Gasteiger partial charge on any atom is -0.334 e. The molecule has 4 nitrogen and oxygen atoms in total. The second-order valence-corrected chi connectivity index (χ2v) is 9.94. The first-order valence-corrected chi connectivity index (χ1v) is 12.8. The average Bonchev–Trinajstić information content (AvgIpc) is 3.48. The molecule has 3 aromatic carbocycles. The number of nitrogens with zero attached hydrogens (tertiary/aromatic N) is 1. The first-order chi connectivity index (χ1) is 16.1. The fourth-order valence-electron chi connectivity index (χ4n) is 5.57. The monoisotopic (exact) mass is 457 g/mol. The first-order valence-electron chi connectivity index (χ1n) is 11.9. The standard InChI is InChI=1S/C28H31N3OS/c1-2-21-7-3-4-8-24(21)22-11-14-26-25(17-22)28(15-5-6-16-28)19-31(26)27(32)30-18-20-9-12-23(33-29)13-10-20/h3-4,7-14,17H,2,5-6,15-16,18-19,29H2,1H3,(H,30,32). The van der Waals surface area contributed by atoms with E-state index in [0.29, 0.717) is 6.54 Å². The van der Waals surface area contributed by atoms with Gasteiger partial charge in [-0.15, -0.1) is 0 Å². The Morgan fingerprint density at radius 3 is 2.55 bits per heavy atom. The molecule has 5 heteroatoms. The lowest BCUT2D eigenvalue weighted by atomic mass is 9.79. The molecule has 170 valence electrons. The van der Waals surface area contributed by atoms with Crippen LogP contribution in [0.2, 0.25) is 0 Å². The van der Waals surface area contributed by atoms with E-state index in [2.05, 4.69) is 54.7 Å². The molecule has 0 atom stereocenters.